The Hall–Kier alpha value is -5.75. The first kappa shape index (κ1) is 40.6. The van der Waals surface area contributed by atoms with Gasteiger partial charge in [0.05, 0.1) is 65.4 Å². The largest absolute Gasteiger partial charge is 0.497 e. The lowest BCUT2D eigenvalue weighted by atomic mass is 9.82. The molecule has 314 valence electrons. The first-order chi connectivity index (χ1) is 29.5. The van der Waals surface area contributed by atoms with E-state index in [0.29, 0.717) is 31.6 Å². The molecule has 3 amide bonds. The molecule has 4 heterocycles. The molecule has 1 spiro atoms. The summed E-state index contributed by atoms with van der Waals surface area (Å²) >= 11 is 0. The highest BCUT2D eigenvalue weighted by Gasteiger charge is 2.66. The Morgan fingerprint density at radius 3 is 2.26 bits per heavy atom. The van der Waals surface area contributed by atoms with Gasteiger partial charge >= 0.3 is 0 Å². The monoisotopic (exact) mass is 835 g/mol. The van der Waals surface area contributed by atoms with E-state index in [4.69, 9.17) is 14.2 Å². The number of benzene rings is 5. The summed E-state index contributed by atoms with van der Waals surface area (Å²) in [5.41, 5.74) is 5.69. The average Bonchev–Trinajstić information content (AvgIpc) is 3.71. The zero-order valence-electron chi connectivity index (χ0n) is 35.5. The van der Waals surface area contributed by atoms with Gasteiger partial charge in [0.1, 0.15) is 11.5 Å². The van der Waals surface area contributed by atoms with E-state index >= 15 is 4.79 Å². The maximum atomic E-state index is 15.6. The maximum Gasteiger partial charge on any atom is 0.264 e. The fraction of sp³-hybridized carbons (Fsp3) is 0.340. The van der Waals surface area contributed by atoms with Crippen molar-refractivity contribution in [1.82, 2.24) is 4.90 Å². The molecule has 9 rings (SSSR count). The van der Waals surface area contributed by atoms with Crippen LogP contribution in [0.2, 0.25) is 18.6 Å². The van der Waals surface area contributed by atoms with Crippen molar-refractivity contribution in [3.05, 3.63) is 143 Å². The van der Waals surface area contributed by atoms with Crippen LogP contribution < -0.4 is 24.5 Å². The van der Waals surface area contributed by atoms with E-state index in [1.807, 2.05) is 95.9 Å². The van der Waals surface area contributed by atoms with Gasteiger partial charge in [-0.25, -0.2) is 0 Å². The van der Waals surface area contributed by atoms with Crippen LogP contribution in [0.3, 0.4) is 0 Å². The molecule has 1 fully saturated rings. The van der Waals surface area contributed by atoms with Gasteiger partial charge < -0.3 is 29.1 Å². The van der Waals surface area contributed by atoms with Crippen LogP contribution >= 0.6 is 0 Å². The van der Waals surface area contributed by atoms with Crippen LogP contribution in [0.15, 0.2) is 115 Å². The van der Waals surface area contributed by atoms with Crippen LogP contribution in [0.4, 0.5) is 17.1 Å². The minimum atomic E-state index is -2.57. The summed E-state index contributed by atoms with van der Waals surface area (Å²) in [6.45, 7) is 7.22. The summed E-state index contributed by atoms with van der Waals surface area (Å²) < 4.78 is 18.7. The van der Waals surface area contributed by atoms with Gasteiger partial charge in [-0.2, -0.15) is 0 Å². The van der Waals surface area contributed by atoms with Crippen LogP contribution in [0.5, 0.6) is 11.5 Å². The molecule has 0 radical (unpaired) electrons. The number of carbonyl (C=O) groups is 3. The summed E-state index contributed by atoms with van der Waals surface area (Å²) in [5.74, 6) is 0.759. The standard InChI is InChI=1S/C50H53N3O7Si/c1-32-48(61(4,5)41-21-18-39(58-2)19-22-41)45(28-47(56)51-30-36-14-7-6-13-35(36)26-38(51)31-54)60-50(32)42-27-40(59-3)20-23-44(42)52(49(50)57)29-33-11-10-15-37(25-33)53-43-16-9-8-12-34(43)17-24-46(53)55/h6-16,18-23,25,27,32,38,45,48,54H,17,24,26,28-31H2,1-5H3/t32-,38-,45+,48-,50+/m0/s1. The van der Waals surface area contributed by atoms with Crippen molar-refractivity contribution in [2.45, 2.75) is 82.1 Å². The number of aryl methyl sites for hydroxylation is 1. The Labute approximate surface area is 358 Å². The first-order valence-corrected chi connectivity index (χ1v) is 24.4. The summed E-state index contributed by atoms with van der Waals surface area (Å²) in [5, 5.41) is 11.7. The van der Waals surface area contributed by atoms with Gasteiger partial charge in [0.2, 0.25) is 11.8 Å². The smallest absolute Gasteiger partial charge is 0.264 e. The van der Waals surface area contributed by atoms with E-state index in [9.17, 15) is 14.7 Å². The molecule has 61 heavy (non-hydrogen) atoms. The van der Waals surface area contributed by atoms with Crippen LogP contribution in [0, 0.1) is 5.92 Å². The third-order valence-electron chi connectivity index (χ3n) is 13.9. The van der Waals surface area contributed by atoms with Gasteiger partial charge in [-0.15, -0.1) is 0 Å². The molecule has 0 saturated carbocycles. The maximum absolute atomic E-state index is 15.6. The molecule has 0 aliphatic carbocycles. The van der Waals surface area contributed by atoms with Crippen molar-refractivity contribution in [1.29, 1.82) is 0 Å². The third-order valence-corrected chi connectivity index (χ3v) is 18.3. The number of aliphatic hydroxyl groups excluding tert-OH is 1. The van der Waals surface area contributed by atoms with Crippen LogP contribution in [-0.2, 0) is 50.7 Å². The van der Waals surface area contributed by atoms with Gasteiger partial charge in [-0.3, -0.25) is 19.3 Å². The Balaban J connectivity index is 1.10. The topological polar surface area (TPSA) is 109 Å². The molecule has 1 saturated heterocycles. The van der Waals surface area contributed by atoms with Crippen molar-refractivity contribution in [3.8, 4) is 11.5 Å². The molecule has 5 atom stereocenters. The minimum absolute atomic E-state index is 0.0343. The normalized spacial score (nSPS) is 23.2. The summed E-state index contributed by atoms with van der Waals surface area (Å²) in [6, 6.07) is 37.5. The molecule has 11 heteroatoms. The van der Waals surface area contributed by atoms with Crippen molar-refractivity contribution < 1.29 is 33.7 Å². The molecule has 10 nitrogen and oxygen atoms in total. The fourth-order valence-corrected chi connectivity index (χ4v) is 14.8. The van der Waals surface area contributed by atoms with Gasteiger partial charge in [0, 0.05) is 30.1 Å². The molecule has 4 aliphatic rings. The van der Waals surface area contributed by atoms with Crippen molar-refractivity contribution in [3.63, 3.8) is 0 Å². The lowest BCUT2D eigenvalue weighted by Gasteiger charge is -2.39. The Bertz CT molecular complexity index is 2510. The van der Waals surface area contributed by atoms with Crippen molar-refractivity contribution in [2.75, 3.05) is 30.6 Å². The summed E-state index contributed by atoms with van der Waals surface area (Å²) in [6.07, 6.45) is 1.14. The number of aliphatic hydroxyl groups is 1. The molecule has 1 N–H and O–H groups in total. The first-order valence-electron chi connectivity index (χ1n) is 21.3. The lowest BCUT2D eigenvalue weighted by Crippen LogP contribution is -2.52. The number of hydrogen-bond donors (Lipinski definition) is 1. The van der Waals surface area contributed by atoms with Crippen LogP contribution in [-0.4, -0.2) is 68.8 Å². The number of carbonyl (C=O) groups excluding carboxylic acids is 3. The second-order valence-corrected chi connectivity index (χ2v) is 22.2. The highest BCUT2D eigenvalue weighted by Crippen LogP contribution is 2.60. The quantitative estimate of drug-likeness (QED) is 0.146. The second-order valence-electron chi connectivity index (χ2n) is 17.5. The number of anilines is 3. The van der Waals surface area contributed by atoms with Crippen molar-refractivity contribution in [2.24, 2.45) is 5.92 Å². The van der Waals surface area contributed by atoms with Gasteiger partial charge in [-0.05, 0) is 89.2 Å². The number of amides is 3. The summed E-state index contributed by atoms with van der Waals surface area (Å²) in [7, 11) is 0.697. The Morgan fingerprint density at radius 1 is 0.820 bits per heavy atom. The van der Waals surface area contributed by atoms with E-state index in [1.54, 1.807) is 24.0 Å². The Kier molecular flexibility index (Phi) is 10.6. The molecule has 0 bridgehead atoms. The van der Waals surface area contributed by atoms with Gasteiger partial charge in [-0.1, -0.05) is 91.9 Å². The van der Waals surface area contributed by atoms with E-state index in [-0.39, 0.29) is 54.8 Å². The lowest BCUT2D eigenvalue weighted by molar-refractivity contribution is -0.151. The van der Waals surface area contributed by atoms with E-state index in [2.05, 4.69) is 44.3 Å². The van der Waals surface area contributed by atoms with Crippen LogP contribution in [0.1, 0.15) is 47.6 Å². The number of rotatable bonds is 10. The number of nitrogens with zero attached hydrogens (tertiary/aromatic N) is 3. The minimum Gasteiger partial charge on any atom is -0.497 e. The second kappa shape index (κ2) is 15.9. The highest BCUT2D eigenvalue weighted by molar-refractivity contribution is 6.91. The van der Waals surface area contributed by atoms with E-state index in [0.717, 1.165) is 50.6 Å². The number of fused-ring (bicyclic) bond motifs is 4. The number of hydrogen-bond acceptors (Lipinski definition) is 7. The zero-order valence-corrected chi connectivity index (χ0v) is 36.5. The predicted octanol–water partition coefficient (Wildman–Crippen LogP) is 7.41. The van der Waals surface area contributed by atoms with E-state index < -0.39 is 19.8 Å². The van der Waals surface area contributed by atoms with Crippen molar-refractivity contribution >= 4 is 48.0 Å². The molecular weight excluding hydrogens is 783 g/mol. The van der Waals surface area contributed by atoms with Crippen LogP contribution in [0.25, 0.3) is 0 Å². The number of para-hydroxylation sites is 1. The zero-order chi connectivity index (χ0) is 42.6. The molecular formula is C50H53N3O7Si. The molecule has 0 aromatic heterocycles. The molecule has 5 aromatic rings. The average molecular weight is 836 g/mol. The highest BCUT2D eigenvalue weighted by atomic mass is 28.3. The predicted molar refractivity (Wildman–Crippen MR) is 238 cm³/mol. The fourth-order valence-electron chi connectivity index (χ4n) is 10.8. The van der Waals surface area contributed by atoms with Gasteiger partial charge in [0.15, 0.2) is 5.60 Å². The Morgan fingerprint density at radius 2 is 1.52 bits per heavy atom. The molecule has 5 aromatic carbocycles. The van der Waals surface area contributed by atoms with Gasteiger partial charge in [0.25, 0.3) is 5.91 Å². The third kappa shape index (κ3) is 6.83. The molecule has 0 unspecified atom stereocenters. The number of methoxy groups -OCH3 is 2. The van der Waals surface area contributed by atoms with E-state index in [1.165, 1.54) is 5.19 Å². The SMILES string of the molecule is COc1ccc([Si](C)(C)[C@@H]2[C@@H](CC(=O)N3Cc4ccccc4C[C@H]3CO)O[C@]3(C(=O)N(Cc4cccc(N5C(=O)CCc6ccccc65)c4)c4ccc(OC)cc43)[C@H]2C)cc1. The molecule has 4 aliphatic heterocycles. The summed E-state index contributed by atoms with van der Waals surface area (Å²) in [4.78, 5) is 49.2. The number of ether oxygens (including phenoxy) is 3.